The van der Waals surface area contributed by atoms with Crippen LogP contribution < -0.4 is 5.73 Å². The van der Waals surface area contributed by atoms with Crippen LogP contribution in [0.2, 0.25) is 0 Å². The van der Waals surface area contributed by atoms with Crippen molar-refractivity contribution in [3.05, 3.63) is 0 Å². The molecule has 0 bridgehead atoms. The molecule has 2 saturated carbocycles. The van der Waals surface area contributed by atoms with Crippen LogP contribution in [0.25, 0.3) is 0 Å². The first-order chi connectivity index (χ1) is 7.99. The van der Waals surface area contributed by atoms with Gasteiger partial charge in [0.15, 0.2) is 0 Å². The van der Waals surface area contributed by atoms with Crippen LogP contribution in [0.1, 0.15) is 65.2 Å². The molecule has 1 atom stereocenters. The van der Waals surface area contributed by atoms with Crippen molar-refractivity contribution in [1.82, 2.24) is 0 Å². The van der Waals surface area contributed by atoms with E-state index in [0.29, 0.717) is 6.54 Å². The van der Waals surface area contributed by atoms with Crippen LogP contribution in [0.4, 0.5) is 0 Å². The van der Waals surface area contributed by atoms with E-state index >= 15 is 0 Å². The molecule has 2 heteroatoms. The number of hydrogen-bond donors (Lipinski definition) is 2. The van der Waals surface area contributed by atoms with Gasteiger partial charge in [-0.05, 0) is 38.0 Å². The van der Waals surface area contributed by atoms with Crippen LogP contribution in [0.3, 0.4) is 0 Å². The normalized spacial score (nSPS) is 38.5. The van der Waals surface area contributed by atoms with Crippen LogP contribution in [-0.4, -0.2) is 17.3 Å². The van der Waals surface area contributed by atoms with Gasteiger partial charge < -0.3 is 10.8 Å². The van der Waals surface area contributed by atoms with Crippen molar-refractivity contribution in [3.63, 3.8) is 0 Å². The van der Waals surface area contributed by atoms with E-state index in [1.54, 1.807) is 0 Å². The fraction of sp³-hybridized carbons (Fsp3) is 1.00. The maximum Gasteiger partial charge on any atom is 0.0690 e. The van der Waals surface area contributed by atoms with Gasteiger partial charge in [-0.25, -0.2) is 0 Å². The van der Waals surface area contributed by atoms with Crippen LogP contribution in [0.15, 0.2) is 0 Å². The number of rotatable bonds is 4. The predicted octanol–water partition coefficient (Wildman–Crippen LogP) is 3.08. The lowest BCUT2D eigenvalue weighted by Crippen LogP contribution is -2.53. The van der Waals surface area contributed by atoms with E-state index in [4.69, 9.17) is 5.73 Å². The summed E-state index contributed by atoms with van der Waals surface area (Å²) in [6.07, 6.45) is 9.65. The Morgan fingerprint density at radius 1 is 1.24 bits per heavy atom. The molecule has 2 fully saturated rings. The lowest BCUT2D eigenvalue weighted by atomic mass is 9.59. The third-order valence-electron chi connectivity index (χ3n) is 5.68. The van der Waals surface area contributed by atoms with Gasteiger partial charge in [0.25, 0.3) is 0 Å². The minimum Gasteiger partial charge on any atom is -0.390 e. The topological polar surface area (TPSA) is 46.2 Å². The quantitative estimate of drug-likeness (QED) is 0.792. The van der Waals surface area contributed by atoms with Crippen LogP contribution in [0.5, 0.6) is 0 Å². The lowest BCUT2D eigenvalue weighted by molar-refractivity contribution is -0.110. The van der Waals surface area contributed by atoms with Gasteiger partial charge in [0, 0.05) is 12.0 Å². The third-order valence-corrected chi connectivity index (χ3v) is 5.68. The Morgan fingerprint density at radius 2 is 1.82 bits per heavy atom. The number of hydrogen-bond acceptors (Lipinski definition) is 2. The summed E-state index contributed by atoms with van der Waals surface area (Å²) in [6, 6.07) is 0. The first kappa shape index (κ1) is 13.4. The summed E-state index contributed by atoms with van der Waals surface area (Å²) in [5.41, 5.74) is 5.49. The van der Waals surface area contributed by atoms with E-state index in [0.717, 1.165) is 31.1 Å². The summed E-state index contributed by atoms with van der Waals surface area (Å²) in [7, 11) is 0. The van der Waals surface area contributed by atoms with Gasteiger partial charge in [0.2, 0.25) is 0 Å². The van der Waals surface area contributed by atoms with Crippen molar-refractivity contribution in [2.75, 3.05) is 6.54 Å². The van der Waals surface area contributed by atoms with Gasteiger partial charge in [-0.1, -0.05) is 39.0 Å². The predicted molar refractivity (Wildman–Crippen MR) is 71.7 cm³/mol. The van der Waals surface area contributed by atoms with E-state index in [-0.39, 0.29) is 5.41 Å². The zero-order chi connectivity index (χ0) is 12.5. The summed E-state index contributed by atoms with van der Waals surface area (Å²) in [5.74, 6) is 1.57. The highest BCUT2D eigenvalue weighted by Crippen LogP contribution is 2.49. The average molecular weight is 239 g/mol. The molecule has 1 unspecified atom stereocenters. The lowest BCUT2D eigenvalue weighted by Gasteiger charge is -2.50. The molecule has 100 valence electrons. The van der Waals surface area contributed by atoms with Crippen molar-refractivity contribution in [1.29, 1.82) is 0 Å². The van der Waals surface area contributed by atoms with Crippen molar-refractivity contribution >= 4 is 0 Å². The summed E-state index contributed by atoms with van der Waals surface area (Å²) < 4.78 is 0. The molecule has 0 spiro atoms. The molecule has 0 aromatic rings. The molecule has 0 aromatic heterocycles. The fourth-order valence-corrected chi connectivity index (χ4v) is 3.75. The molecule has 0 saturated heterocycles. The smallest absolute Gasteiger partial charge is 0.0690 e. The molecule has 2 rings (SSSR count). The molecular formula is C15H29NO. The van der Waals surface area contributed by atoms with Gasteiger partial charge in [-0.3, -0.25) is 0 Å². The van der Waals surface area contributed by atoms with E-state index in [2.05, 4.69) is 6.92 Å². The monoisotopic (exact) mass is 239 g/mol. The fourth-order valence-electron chi connectivity index (χ4n) is 3.75. The maximum atomic E-state index is 10.9. The van der Waals surface area contributed by atoms with Crippen LogP contribution >= 0.6 is 0 Å². The van der Waals surface area contributed by atoms with Crippen LogP contribution in [0, 0.1) is 17.3 Å². The van der Waals surface area contributed by atoms with E-state index in [1.807, 2.05) is 6.92 Å². The van der Waals surface area contributed by atoms with E-state index in [1.165, 1.54) is 32.1 Å². The van der Waals surface area contributed by atoms with E-state index < -0.39 is 5.60 Å². The number of nitrogens with two attached hydrogens (primary N) is 1. The van der Waals surface area contributed by atoms with Gasteiger partial charge in [-0.2, -0.15) is 0 Å². The summed E-state index contributed by atoms with van der Waals surface area (Å²) >= 11 is 0. The molecule has 0 radical (unpaired) electrons. The van der Waals surface area contributed by atoms with Gasteiger partial charge >= 0.3 is 0 Å². The first-order valence-electron chi connectivity index (χ1n) is 7.41. The Balaban J connectivity index is 2.04. The highest BCUT2D eigenvalue weighted by atomic mass is 16.3. The standard InChI is InChI=1S/C15H29NO/c1-12-6-8-15(11-16,9-7-12)14(2,17)10-13-4-3-5-13/h12-13,17H,3-11,16H2,1-2H3. The van der Waals surface area contributed by atoms with E-state index in [9.17, 15) is 5.11 Å². The highest BCUT2D eigenvalue weighted by molar-refractivity contribution is 5.00. The van der Waals surface area contributed by atoms with Crippen molar-refractivity contribution in [3.8, 4) is 0 Å². The zero-order valence-electron chi connectivity index (χ0n) is 11.5. The minimum absolute atomic E-state index is 0.00486. The second kappa shape index (κ2) is 4.89. The average Bonchev–Trinajstić information content (AvgIpc) is 2.25. The van der Waals surface area contributed by atoms with Gasteiger partial charge in [0.1, 0.15) is 0 Å². The van der Waals surface area contributed by atoms with Gasteiger partial charge in [0.05, 0.1) is 5.60 Å². The molecule has 0 amide bonds. The summed E-state index contributed by atoms with van der Waals surface area (Å²) in [5, 5.41) is 10.9. The van der Waals surface area contributed by atoms with Crippen molar-refractivity contribution in [2.45, 2.75) is 70.8 Å². The second-order valence-corrected chi connectivity index (χ2v) is 6.94. The Bertz CT molecular complexity index is 250. The SMILES string of the molecule is CC1CCC(CN)(C(C)(O)CC2CCC2)CC1. The molecule has 17 heavy (non-hydrogen) atoms. The molecule has 2 nitrogen and oxygen atoms in total. The Kier molecular flexibility index (Phi) is 3.84. The summed E-state index contributed by atoms with van der Waals surface area (Å²) in [6.45, 7) is 5.02. The first-order valence-corrected chi connectivity index (χ1v) is 7.41. The Hall–Kier alpha value is -0.0800. The number of aliphatic hydroxyl groups is 1. The highest BCUT2D eigenvalue weighted by Gasteiger charge is 2.48. The maximum absolute atomic E-state index is 10.9. The summed E-state index contributed by atoms with van der Waals surface area (Å²) in [4.78, 5) is 0. The minimum atomic E-state index is -0.549. The Labute approximate surface area is 106 Å². The second-order valence-electron chi connectivity index (χ2n) is 6.94. The Morgan fingerprint density at radius 3 is 2.24 bits per heavy atom. The van der Waals surface area contributed by atoms with Crippen LogP contribution in [-0.2, 0) is 0 Å². The molecule has 0 aromatic carbocycles. The largest absolute Gasteiger partial charge is 0.390 e. The zero-order valence-corrected chi connectivity index (χ0v) is 11.5. The molecule has 2 aliphatic carbocycles. The third kappa shape index (κ3) is 2.53. The molecule has 0 aliphatic heterocycles. The van der Waals surface area contributed by atoms with Gasteiger partial charge in [-0.15, -0.1) is 0 Å². The molecule has 0 heterocycles. The molecule has 2 aliphatic rings. The molecular weight excluding hydrogens is 210 g/mol. The van der Waals surface area contributed by atoms with Crippen molar-refractivity contribution in [2.24, 2.45) is 23.0 Å². The molecule has 3 N–H and O–H groups in total. The van der Waals surface area contributed by atoms with Crippen molar-refractivity contribution < 1.29 is 5.11 Å².